The van der Waals surface area contributed by atoms with Gasteiger partial charge in [-0.25, -0.2) is 4.79 Å². The molecule has 9 nitrogen and oxygen atoms in total. The average molecular weight is 399 g/mol. The molecule has 0 saturated heterocycles. The average Bonchev–Trinajstić information content (AvgIpc) is 2.99. The van der Waals surface area contributed by atoms with E-state index in [0.717, 1.165) is 4.57 Å². The minimum absolute atomic E-state index is 0.0111. The number of hydrogen-bond acceptors (Lipinski definition) is 5. The second-order valence-electron chi connectivity index (χ2n) is 4.94. The van der Waals surface area contributed by atoms with E-state index in [1.54, 1.807) is 6.07 Å². The van der Waals surface area contributed by atoms with E-state index in [-0.39, 0.29) is 18.8 Å². The summed E-state index contributed by atoms with van der Waals surface area (Å²) < 4.78 is 7.69. The van der Waals surface area contributed by atoms with Crippen LogP contribution in [0, 0.1) is 0 Å². The summed E-state index contributed by atoms with van der Waals surface area (Å²) in [5.74, 6) is -0.928. The number of nitrogens with one attached hydrogen (secondary N) is 2. The molecule has 0 bridgehead atoms. The standard InChI is InChI=1S/C14H15BrN4O5/c1-18-8(5-12(21)19(2)14(18)23)6-16-11(20)7-17-13(22)9-3-4-10(15)24-9/h3-5H,6-7H2,1-2H3,(H,16,20)(H,17,22). The third-order valence-electron chi connectivity index (χ3n) is 3.30. The Morgan fingerprint density at radius 3 is 2.50 bits per heavy atom. The molecule has 0 unspecified atom stereocenters. The second kappa shape index (κ2) is 7.30. The Morgan fingerprint density at radius 1 is 1.17 bits per heavy atom. The molecule has 2 heterocycles. The lowest BCUT2D eigenvalue weighted by Crippen LogP contribution is -2.41. The van der Waals surface area contributed by atoms with Crippen LogP contribution in [0.5, 0.6) is 0 Å². The summed E-state index contributed by atoms with van der Waals surface area (Å²) in [7, 11) is 2.87. The lowest BCUT2D eigenvalue weighted by atomic mass is 10.3. The van der Waals surface area contributed by atoms with Crippen LogP contribution < -0.4 is 21.9 Å². The first-order chi connectivity index (χ1) is 11.3. The van der Waals surface area contributed by atoms with Crippen LogP contribution in [0.2, 0.25) is 0 Å². The van der Waals surface area contributed by atoms with E-state index in [1.807, 2.05) is 0 Å². The lowest BCUT2D eigenvalue weighted by molar-refractivity contribution is -0.120. The molecule has 2 aromatic heterocycles. The number of furan rings is 1. The highest BCUT2D eigenvalue weighted by Crippen LogP contribution is 2.13. The third kappa shape index (κ3) is 4.02. The smallest absolute Gasteiger partial charge is 0.330 e. The van der Waals surface area contributed by atoms with Gasteiger partial charge in [-0.2, -0.15) is 0 Å². The van der Waals surface area contributed by atoms with Crippen molar-refractivity contribution in [2.24, 2.45) is 14.1 Å². The number of rotatable bonds is 5. The van der Waals surface area contributed by atoms with Crippen molar-refractivity contribution in [3.05, 3.63) is 55.2 Å². The van der Waals surface area contributed by atoms with Crippen LogP contribution in [0.3, 0.4) is 0 Å². The maximum absolute atomic E-state index is 11.8. The molecule has 0 spiro atoms. The van der Waals surface area contributed by atoms with Crippen LogP contribution in [-0.4, -0.2) is 27.5 Å². The van der Waals surface area contributed by atoms with Gasteiger partial charge in [-0.15, -0.1) is 0 Å². The van der Waals surface area contributed by atoms with Crippen LogP contribution in [0.15, 0.2) is 36.9 Å². The molecular formula is C14H15BrN4O5. The van der Waals surface area contributed by atoms with Gasteiger partial charge in [0, 0.05) is 25.9 Å². The number of nitrogens with zero attached hydrogens (tertiary/aromatic N) is 2. The Hall–Kier alpha value is -2.62. The zero-order chi connectivity index (χ0) is 17.9. The molecule has 0 aliphatic heterocycles. The normalized spacial score (nSPS) is 10.5. The number of amides is 2. The fourth-order valence-corrected chi connectivity index (χ4v) is 2.19. The van der Waals surface area contributed by atoms with Gasteiger partial charge in [0.25, 0.3) is 11.5 Å². The molecule has 0 saturated carbocycles. The molecular weight excluding hydrogens is 384 g/mol. The quantitative estimate of drug-likeness (QED) is 0.703. The molecule has 10 heteroatoms. The molecule has 2 rings (SSSR count). The molecule has 0 atom stereocenters. The van der Waals surface area contributed by atoms with Crippen LogP contribution >= 0.6 is 15.9 Å². The molecule has 24 heavy (non-hydrogen) atoms. The summed E-state index contributed by atoms with van der Waals surface area (Å²) >= 11 is 3.07. The molecule has 2 amide bonds. The Kier molecular flexibility index (Phi) is 5.39. The molecule has 128 valence electrons. The van der Waals surface area contributed by atoms with Crippen LogP contribution in [0.1, 0.15) is 16.2 Å². The van der Waals surface area contributed by atoms with Crippen molar-refractivity contribution in [3.63, 3.8) is 0 Å². The predicted molar refractivity (Wildman–Crippen MR) is 87.5 cm³/mol. The Labute approximate surface area is 144 Å². The number of hydrogen-bond donors (Lipinski definition) is 2. The summed E-state index contributed by atoms with van der Waals surface area (Å²) in [5.41, 5.74) is -0.583. The fourth-order valence-electron chi connectivity index (χ4n) is 1.88. The number of halogens is 1. The van der Waals surface area contributed by atoms with Gasteiger partial charge in [0.2, 0.25) is 5.91 Å². The van der Waals surface area contributed by atoms with E-state index in [9.17, 15) is 19.2 Å². The maximum atomic E-state index is 11.8. The highest BCUT2D eigenvalue weighted by atomic mass is 79.9. The van der Waals surface area contributed by atoms with E-state index in [2.05, 4.69) is 26.6 Å². The van der Waals surface area contributed by atoms with E-state index in [0.29, 0.717) is 10.4 Å². The summed E-state index contributed by atoms with van der Waals surface area (Å²) in [5, 5.41) is 4.92. The van der Waals surface area contributed by atoms with Crippen molar-refractivity contribution < 1.29 is 14.0 Å². The summed E-state index contributed by atoms with van der Waals surface area (Å²) in [6.07, 6.45) is 0. The van der Waals surface area contributed by atoms with Crippen LogP contribution in [-0.2, 0) is 25.4 Å². The first kappa shape index (κ1) is 17.7. The number of carbonyl (C=O) groups is 2. The van der Waals surface area contributed by atoms with Gasteiger partial charge in [0.15, 0.2) is 10.4 Å². The Balaban J connectivity index is 1.91. The summed E-state index contributed by atoms with van der Waals surface area (Å²) in [6, 6.07) is 4.29. The van der Waals surface area contributed by atoms with Crippen LogP contribution in [0.4, 0.5) is 0 Å². The van der Waals surface area contributed by atoms with Gasteiger partial charge in [-0.05, 0) is 28.1 Å². The van der Waals surface area contributed by atoms with Crippen molar-refractivity contribution in [2.45, 2.75) is 6.54 Å². The zero-order valence-corrected chi connectivity index (χ0v) is 14.5. The Bertz CT molecular complexity index is 895. The van der Waals surface area contributed by atoms with Crippen molar-refractivity contribution in [2.75, 3.05) is 6.54 Å². The van der Waals surface area contributed by atoms with Gasteiger partial charge in [-0.3, -0.25) is 23.5 Å². The van der Waals surface area contributed by atoms with Crippen molar-refractivity contribution in [1.29, 1.82) is 0 Å². The molecule has 0 aliphatic rings. The topological polar surface area (TPSA) is 115 Å². The van der Waals surface area contributed by atoms with Gasteiger partial charge < -0.3 is 15.1 Å². The Morgan fingerprint density at radius 2 is 1.88 bits per heavy atom. The number of aromatic nitrogens is 2. The zero-order valence-electron chi connectivity index (χ0n) is 13.0. The van der Waals surface area contributed by atoms with Crippen molar-refractivity contribution >= 4 is 27.7 Å². The summed E-state index contributed by atoms with van der Waals surface area (Å²) in [6.45, 7) is -0.279. The fraction of sp³-hybridized carbons (Fsp3) is 0.286. The van der Waals surface area contributed by atoms with Gasteiger partial charge in [0.05, 0.1) is 13.1 Å². The first-order valence-corrected chi connectivity index (χ1v) is 7.65. The molecule has 2 N–H and O–H groups in total. The van der Waals surface area contributed by atoms with Crippen molar-refractivity contribution in [3.8, 4) is 0 Å². The van der Waals surface area contributed by atoms with Gasteiger partial charge in [0.1, 0.15) is 0 Å². The highest BCUT2D eigenvalue weighted by molar-refractivity contribution is 9.10. The monoisotopic (exact) mass is 398 g/mol. The molecule has 0 radical (unpaired) electrons. The van der Waals surface area contributed by atoms with Gasteiger partial charge in [-0.1, -0.05) is 0 Å². The van der Waals surface area contributed by atoms with Gasteiger partial charge >= 0.3 is 5.69 Å². The summed E-state index contributed by atoms with van der Waals surface area (Å²) in [4.78, 5) is 46.9. The van der Waals surface area contributed by atoms with E-state index in [4.69, 9.17) is 4.42 Å². The minimum atomic E-state index is -0.531. The highest BCUT2D eigenvalue weighted by Gasteiger charge is 2.12. The molecule has 2 aromatic rings. The first-order valence-electron chi connectivity index (χ1n) is 6.85. The second-order valence-corrected chi connectivity index (χ2v) is 5.72. The lowest BCUT2D eigenvalue weighted by Gasteiger charge is -2.10. The third-order valence-corrected chi connectivity index (χ3v) is 3.72. The number of carbonyl (C=O) groups excluding carboxylic acids is 2. The van der Waals surface area contributed by atoms with E-state index < -0.39 is 23.1 Å². The molecule has 0 aliphatic carbocycles. The largest absolute Gasteiger partial charge is 0.444 e. The predicted octanol–water partition coefficient (Wildman–Crippen LogP) is -0.514. The molecule has 0 fully saturated rings. The van der Waals surface area contributed by atoms with E-state index in [1.165, 1.54) is 30.8 Å². The minimum Gasteiger partial charge on any atom is -0.444 e. The van der Waals surface area contributed by atoms with Crippen molar-refractivity contribution in [1.82, 2.24) is 19.8 Å². The SMILES string of the molecule is Cn1c(CNC(=O)CNC(=O)c2ccc(Br)o2)cc(=O)n(C)c1=O. The van der Waals surface area contributed by atoms with Crippen LogP contribution in [0.25, 0.3) is 0 Å². The maximum Gasteiger partial charge on any atom is 0.330 e. The van der Waals surface area contributed by atoms with E-state index >= 15 is 0 Å². The molecule has 0 aromatic carbocycles.